The smallest absolute Gasteiger partial charge is 0.222 e. The van der Waals surface area contributed by atoms with Gasteiger partial charge in [-0.3, -0.25) is 4.79 Å². The van der Waals surface area contributed by atoms with Gasteiger partial charge in [0.05, 0.1) is 19.4 Å². The second-order valence-electron chi connectivity index (χ2n) is 7.21. The van der Waals surface area contributed by atoms with Gasteiger partial charge in [-0.05, 0) is 36.6 Å². The highest BCUT2D eigenvalue weighted by Crippen LogP contribution is 2.21. The fourth-order valence-corrected chi connectivity index (χ4v) is 3.31. The van der Waals surface area contributed by atoms with Gasteiger partial charge in [-0.15, -0.1) is 0 Å². The topological polar surface area (TPSA) is 51.1 Å². The van der Waals surface area contributed by atoms with Crippen molar-refractivity contribution < 1.29 is 14.4 Å². The van der Waals surface area contributed by atoms with Crippen LogP contribution in [0, 0.1) is 6.92 Å². The lowest BCUT2D eigenvalue weighted by Crippen LogP contribution is -2.37. The van der Waals surface area contributed by atoms with E-state index in [0.717, 1.165) is 29.0 Å². The molecule has 0 saturated heterocycles. The van der Waals surface area contributed by atoms with Gasteiger partial charge in [0, 0.05) is 19.4 Å². The van der Waals surface area contributed by atoms with Crippen LogP contribution in [0.15, 0.2) is 53.7 Å². The zero-order valence-corrected chi connectivity index (χ0v) is 16.9. The number of amides is 1. The van der Waals surface area contributed by atoms with Crippen molar-refractivity contribution in [2.45, 2.75) is 45.8 Å². The average molecular weight is 380 g/mol. The van der Waals surface area contributed by atoms with E-state index in [1.54, 1.807) is 7.11 Å². The number of nitrogens with zero attached hydrogens (tertiary/aromatic N) is 2. The summed E-state index contributed by atoms with van der Waals surface area (Å²) in [5, 5.41) is 4.27. The lowest BCUT2D eigenvalue weighted by Gasteiger charge is -2.25. The molecule has 0 spiro atoms. The number of methoxy groups -OCH3 is 1. The molecule has 3 rings (SSSR count). The van der Waals surface area contributed by atoms with Crippen molar-refractivity contribution in [3.63, 3.8) is 0 Å². The van der Waals surface area contributed by atoms with E-state index < -0.39 is 0 Å². The van der Waals surface area contributed by atoms with Gasteiger partial charge in [0.1, 0.15) is 5.75 Å². The maximum Gasteiger partial charge on any atom is 0.222 e. The van der Waals surface area contributed by atoms with E-state index in [9.17, 15) is 4.79 Å². The molecule has 2 aromatic carbocycles. The Balaban J connectivity index is 1.66. The summed E-state index contributed by atoms with van der Waals surface area (Å²) in [6.45, 7) is 5.15. The minimum Gasteiger partial charge on any atom is -0.497 e. The molecule has 148 valence electrons. The molecular formula is C23H28N2O3. The average Bonchev–Trinajstić information content (AvgIpc) is 3.17. The lowest BCUT2D eigenvalue weighted by atomic mass is 10.0. The molecule has 0 aliphatic carbocycles. The molecule has 0 N–H and O–H groups in total. The van der Waals surface area contributed by atoms with E-state index in [1.807, 2.05) is 36.1 Å². The van der Waals surface area contributed by atoms with Crippen molar-refractivity contribution in [1.82, 2.24) is 4.90 Å². The Hall–Kier alpha value is -2.82. The normalized spacial score (nSPS) is 15.7. The second-order valence-corrected chi connectivity index (χ2v) is 7.21. The number of carbonyl (C=O) groups excluding carboxylic acids is 1. The van der Waals surface area contributed by atoms with Crippen LogP contribution in [0.3, 0.4) is 0 Å². The fourth-order valence-electron chi connectivity index (χ4n) is 3.31. The van der Waals surface area contributed by atoms with Gasteiger partial charge in [-0.2, -0.15) is 0 Å². The summed E-state index contributed by atoms with van der Waals surface area (Å²) in [4.78, 5) is 20.2. The van der Waals surface area contributed by atoms with Crippen molar-refractivity contribution in [2.75, 3.05) is 13.7 Å². The minimum atomic E-state index is -0.122. The molecule has 2 aromatic rings. The molecule has 0 fully saturated rings. The summed E-state index contributed by atoms with van der Waals surface area (Å²) in [6.07, 6.45) is 1.94. The third kappa shape index (κ3) is 5.12. The van der Waals surface area contributed by atoms with E-state index in [4.69, 9.17) is 9.57 Å². The maximum atomic E-state index is 12.7. The van der Waals surface area contributed by atoms with Crippen LogP contribution in [0.2, 0.25) is 0 Å². The molecule has 1 aliphatic heterocycles. The largest absolute Gasteiger partial charge is 0.497 e. The van der Waals surface area contributed by atoms with Crippen molar-refractivity contribution >= 4 is 11.6 Å². The second kappa shape index (κ2) is 9.40. The van der Waals surface area contributed by atoms with Crippen LogP contribution in [0.1, 0.15) is 42.9 Å². The zero-order valence-electron chi connectivity index (χ0n) is 16.9. The van der Waals surface area contributed by atoms with Crippen LogP contribution >= 0.6 is 0 Å². The van der Waals surface area contributed by atoms with Crippen LogP contribution < -0.4 is 4.74 Å². The van der Waals surface area contributed by atoms with Crippen molar-refractivity contribution in [2.24, 2.45) is 5.16 Å². The van der Waals surface area contributed by atoms with Gasteiger partial charge < -0.3 is 14.5 Å². The van der Waals surface area contributed by atoms with Gasteiger partial charge in [0.25, 0.3) is 0 Å². The third-order valence-electron chi connectivity index (χ3n) is 4.87. The maximum absolute atomic E-state index is 12.7. The summed E-state index contributed by atoms with van der Waals surface area (Å²) in [6, 6.07) is 16.1. The first-order chi connectivity index (χ1) is 13.6. The molecule has 0 aromatic heterocycles. The molecule has 0 radical (unpaired) electrons. The molecule has 0 saturated carbocycles. The quantitative estimate of drug-likeness (QED) is 0.685. The highest BCUT2D eigenvalue weighted by molar-refractivity contribution is 6.01. The van der Waals surface area contributed by atoms with Crippen LogP contribution in [0.5, 0.6) is 5.75 Å². The summed E-state index contributed by atoms with van der Waals surface area (Å²) in [5.41, 5.74) is 4.28. The molecule has 1 unspecified atom stereocenters. The summed E-state index contributed by atoms with van der Waals surface area (Å²) in [5.74, 6) is 0.931. The highest BCUT2D eigenvalue weighted by atomic mass is 16.6. The number of rotatable bonds is 8. The van der Waals surface area contributed by atoms with Gasteiger partial charge in [-0.1, -0.05) is 54.0 Å². The monoisotopic (exact) mass is 380 g/mol. The Morgan fingerprint density at radius 3 is 2.75 bits per heavy atom. The molecular weight excluding hydrogens is 352 g/mol. The molecule has 0 bridgehead atoms. The van der Waals surface area contributed by atoms with E-state index in [1.165, 1.54) is 5.56 Å². The Bertz CT molecular complexity index is 830. The summed E-state index contributed by atoms with van der Waals surface area (Å²) >= 11 is 0. The van der Waals surface area contributed by atoms with Crippen LogP contribution in [-0.4, -0.2) is 36.3 Å². The number of hydrogen-bond acceptors (Lipinski definition) is 4. The Kier molecular flexibility index (Phi) is 6.69. The predicted molar refractivity (Wildman–Crippen MR) is 111 cm³/mol. The molecule has 5 nitrogen and oxygen atoms in total. The lowest BCUT2D eigenvalue weighted by molar-refractivity contribution is -0.133. The Labute approximate surface area is 166 Å². The van der Waals surface area contributed by atoms with Gasteiger partial charge >= 0.3 is 0 Å². The molecule has 1 amide bonds. The van der Waals surface area contributed by atoms with E-state index in [2.05, 4.69) is 36.3 Å². The zero-order chi connectivity index (χ0) is 19.9. The van der Waals surface area contributed by atoms with Crippen LogP contribution in [-0.2, 0) is 16.2 Å². The number of hydrogen-bond donors (Lipinski definition) is 0. The summed E-state index contributed by atoms with van der Waals surface area (Å²) < 4.78 is 5.30. The number of benzene rings is 2. The molecule has 1 heterocycles. The van der Waals surface area contributed by atoms with Crippen LogP contribution in [0.4, 0.5) is 0 Å². The Morgan fingerprint density at radius 2 is 2.04 bits per heavy atom. The summed E-state index contributed by atoms with van der Waals surface area (Å²) in [7, 11) is 1.65. The van der Waals surface area contributed by atoms with Crippen molar-refractivity contribution in [1.29, 1.82) is 0 Å². The van der Waals surface area contributed by atoms with E-state index in [0.29, 0.717) is 25.9 Å². The van der Waals surface area contributed by atoms with E-state index >= 15 is 0 Å². The number of carbonyl (C=O) groups is 1. The standard InChI is InChI=1S/C23H28N2O3/c1-4-6-23(26)25(15-18-7-5-8-20(13-18)27-3)16-21-14-22(24-28-21)19-11-9-17(2)10-12-19/h5,7-13,21H,4,6,14-16H2,1-3H3. The first kappa shape index (κ1) is 19.9. The predicted octanol–water partition coefficient (Wildman–Crippen LogP) is 4.33. The first-order valence-corrected chi connectivity index (χ1v) is 9.79. The van der Waals surface area contributed by atoms with Gasteiger partial charge in [0.15, 0.2) is 6.10 Å². The highest BCUT2D eigenvalue weighted by Gasteiger charge is 2.26. The van der Waals surface area contributed by atoms with Gasteiger partial charge in [0.2, 0.25) is 5.91 Å². The molecule has 28 heavy (non-hydrogen) atoms. The fraction of sp³-hybridized carbons (Fsp3) is 0.391. The number of ether oxygens (including phenoxy) is 1. The molecule has 1 aliphatic rings. The number of oxime groups is 1. The van der Waals surface area contributed by atoms with Gasteiger partial charge in [-0.25, -0.2) is 0 Å². The van der Waals surface area contributed by atoms with Crippen LogP contribution in [0.25, 0.3) is 0 Å². The van der Waals surface area contributed by atoms with E-state index in [-0.39, 0.29) is 12.0 Å². The minimum absolute atomic E-state index is 0.122. The van der Waals surface area contributed by atoms with Crippen molar-refractivity contribution in [3.05, 3.63) is 65.2 Å². The molecule has 1 atom stereocenters. The number of aryl methyl sites for hydroxylation is 1. The SMILES string of the molecule is CCCC(=O)N(Cc1cccc(OC)c1)CC1CC(c2ccc(C)cc2)=NO1. The third-order valence-corrected chi connectivity index (χ3v) is 4.87. The Morgan fingerprint density at radius 1 is 1.25 bits per heavy atom. The van der Waals surface area contributed by atoms with Crippen molar-refractivity contribution in [3.8, 4) is 5.75 Å². The molecule has 5 heteroatoms. The first-order valence-electron chi connectivity index (χ1n) is 9.79.